The van der Waals surface area contributed by atoms with Crippen LogP contribution in [0.3, 0.4) is 0 Å². The Morgan fingerprint density at radius 3 is 2.21 bits per heavy atom. The van der Waals surface area contributed by atoms with Gasteiger partial charge in [0.2, 0.25) is 10.0 Å². The minimum atomic E-state index is -4.43. The molecule has 1 fully saturated rings. The van der Waals surface area contributed by atoms with Crippen molar-refractivity contribution in [2.75, 3.05) is 31.1 Å². The van der Waals surface area contributed by atoms with Gasteiger partial charge < -0.3 is 4.90 Å². The number of carbonyl (C=O) groups is 1. The lowest BCUT2D eigenvalue weighted by Crippen LogP contribution is -2.48. The number of rotatable bonds is 4. The van der Waals surface area contributed by atoms with Crippen LogP contribution in [0, 0.1) is 0 Å². The highest BCUT2D eigenvalue weighted by molar-refractivity contribution is 7.89. The molecular weight excluding hydrogens is 393 g/mol. The lowest BCUT2D eigenvalue weighted by molar-refractivity contribution is -0.137. The summed E-state index contributed by atoms with van der Waals surface area (Å²) in [7, 11) is -3.78. The maximum absolute atomic E-state index is 12.9. The molecule has 0 spiro atoms. The van der Waals surface area contributed by atoms with Crippen LogP contribution < -0.4 is 4.90 Å². The van der Waals surface area contributed by atoms with Crippen LogP contribution in [0.1, 0.15) is 22.8 Å². The molecule has 2 aromatic rings. The second-order valence-electron chi connectivity index (χ2n) is 6.52. The summed E-state index contributed by atoms with van der Waals surface area (Å²) in [5.74, 6) is -0.230. The first-order chi connectivity index (χ1) is 13.1. The fourth-order valence-electron chi connectivity index (χ4n) is 3.09. The highest BCUT2D eigenvalue weighted by Crippen LogP contribution is 2.32. The first-order valence-electron chi connectivity index (χ1n) is 8.62. The largest absolute Gasteiger partial charge is 0.416 e. The molecule has 5 nitrogen and oxygen atoms in total. The third-order valence-corrected chi connectivity index (χ3v) is 6.55. The van der Waals surface area contributed by atoms with Gasteiger partial charge in [-0.25, -0.2) is 8.42 Å². The Morgan fingerprint density at radius 1 is 0.964 bits per heavy atom. The summed E-state index contributed by atoms with van der Waals surface area (Å²) in [6, 6.07) is 10.8. The van der Waals surface area contributed by atoms with Crippen LogP contribution in [0.2, 0.25) is 0 Å². The molecule has 3 rings (SSSR count). The number of piperazine rings is 1. The summed E-state index contributed by atoms with van der Waals surface area (Å²) >= 11 is 0. The number of halogens is 3. The van der Waals surface area contributed by atoms with E-state index in [4.69, 9.17) is 0 Å². The SMILES string of the molecule is CC(=O)c1cccc(S(=O)(=O)N2CCN(c3cccc(C(F)(F)F)c3)CC2)c1. The predicted molar refractivity (Wildman–Crippen MR) is 98.9 cm³/mol. The zero-order valence-electron chi connectivity index (χ0n) is 15.1. The summed E-state index contributed by atoms with van der Waals surface area (Å²) < 4.78 is 65.7. The van der Waals surface area contributed by atoms with E-state index in [2.05, 4.69) is 0 Å². The molecule has 0 aromatic heterocycles. The van der Waals surface area contributed by atoms with Crippen molar-refractivity contribution in [1.82, 2.24) is 4.31 Å². The Labute approximate surface area is 161 Å². The van der Waals surface area contributed by atoms with Crippen LogP contribution in [0.5, 0.6) is 0 Å². The monoisotopic (exact) mass is 412 g/mol. The molecule has 28 heavy (non-hydrogen) atoms. The van der Waals surface area contributed by atoms with Crippen molar-refractivity contribution in [1.29, 1.82) is 0 Å². The third kappa shape index (κ3) is 4.20. The molecule has 150 valence electrons. The van der Waals surface area contributed by atoms with Crippen LogP contribution in [-0.2, 0) is 16.2 Å². The van der Waals surface area contributed by atoms with Gasteiger partial charge in [-0.05, 0) is 37.3 Å². The molecule has 0 bridgehead atoms. The van der Waals surface area contributed by atoms with E-state index in [0.29, 0.717) is 11.3 Å². The Hall–Kier alpha value is -2.39. The summed E-state index contributed by atoms with van der Waals surface area (Å²) in [6.45, 7) is 2.19. The van der Waals surface area contributed by atoms with Gasteiger partial charge in [-0.15, -0.1) is 0 Å². The van der Waals surface area contributed by atoms with Crippen molar-refractivity contribution >= 4 is 21.5 Å². The smallest absolute Gasteiger partial charge is 0.369 e. The Kier molecular flexibility index (Phi) is 5.49. The van der Waals surface area contributed by atoms with E-state index in [0.717, 1.165) is 12.1 Å². The number of benzene rings is 2. The number of sulfonamides is 1. The molecule has 1 aliphatic rings. The van der Waals surface area contributed by atoms with Gasteiger partial charge in [0.05, 0.1) is 10.5 Å². The number of alkyl halides is 3. The van der Waals surface area contributed by atoms with Crippen LogP contribution in [-0.4, -0.2) is 44.7 Å². The number of hydrogen-bond donors (Lipinski definition) is 0. The zero-order chi connectivity index (χ0) is 20.5. The van der Waals surface area contributed by atoms with Gasteiger partial charge in [0.15, 0.2) is 5.78 Å². The Balaban J connectivity index is 1.75. The van der Waals surface area contributed by atoms with E-state index >= 15 is 0 Å². The van der Waals surface area contributed by atoms with Crippen molar-refractivity contribution in [2.45, 2.75) is 18.0 Å². The standard InChI is InChI=1S/C19H19F3N2O3S/c1-14(25)15-4-2-7-18(12-15)28(26,27)24-10-8-23(9-11-24)17-6-3-5-16(13-17)19(20,21)22/h2-7,12-13H,8-11H2,1H3. The number of hydrogen-bond acceptors (Lipinski definition) is 4. The highest BCUT2D eigenvalue weighted by atomic mass is 32.2. The van der Waals surface area contributed by atoms with Gasteiger partial charge in [-0.1, -0.05) is 18.2 Å². The number of anilines is 1. The molecule has 1 aliphatic heterocycles. The van der Waals surface area contributed by atoms with E-state index in [9.17, 15) is 26.4 Å². The molecule has 0 atom stereocenters. The van der Waals surface area contributed by atoms with Crippen LogP contribution >= 0.6 is 0 Å². The fraction of sp³-hybridized carbons (Fsp3) is 0.316. The summed E-state index contributed by atoms with van der Waals surface area (Å²) in [5, 5.41) is 0. The topological polar surface area (TPSA) is 57.7 Å². The van der Waals surface area contributed by atoms with E-state index in [1.165, 1.54) is 35.5 Å². The summed E-state index contributed by atoms with van der Waals surface area (Å²) in [4.78, 5) is 13.3. The third-order valence-electron chi connectivity index (χ3n) is 4.66. The second-order valence-corrected chi connectivity index (χ2v) is 8.46. The maximum Gasteiger partial charge on any atom is 0.416 e. The molecule has 0 saturated carbocycles. The lowest BCUT2D eigenvalue weighted by Gasteiger charge is -2.35. The van der Waals surface area contributed by atoms with E-state index < -0.39 is 21.8 Å². The minimum Gasteiger partial charge on any atom is -0.369 e. The fourth-order valence-corrected chi connectivity index (χ4v) is 4.56. The zero-order valence-corrected chi connectivity index (χ0v) is 15.9. The van der Waals surface area contributed by atoms with Gasteiger partial charge in [0.25, 0.3) is 0 Å². The normalized spacial score (nSPS) is 16.2. The Bertz CT molecular complexity index is 982. The van der Waals surface area contributed by atoms with Crippen molar-refractivity contribution in [3.63, 3.8) is 0 Å². The molecule has 1 saturated heterocycles. The molecular formula is C19H19F3N2O3S. The van der Waals surface area contributed by atoms with Crippen molar-refractivity contribution < 1.29 is 26.4 Å². The number of ketones is 1. The maximum atomic E-state index is 12.9. The minimum absolute atomic E-state index is 0.0349. The molecule has 1 heterocycles. The second kappa shape index (κ2) is 7.56. The Morgan fingerprint density at radius 2 is 1.61 bits per heavy atom. The van der Waals surface area contributed by atoms with Crippen LogP contribution in [0.4, 0.5) is 18.9 Å². The van der Waals surface area contributed by atoms with Gasteiger partial charge in [-0.3, -0.25) is 4.79 Å². The number of carbonyl (C=O) groups excluding carboxylic acids is 1. The quantitative estimate of drug-likeness (QED) is 0.722. The average Bonchev–Trinajstić information content (AvgIpc) is 2.67. The average molecular weight is 412 g/mol. The van der Waals surface area contributed by atoms with E-state index in [1.807, 2.05) is 0 Å². The molecule has 0 unspecified atom stereocenters. The van der Waals surface area contributed by atoms with Crippen molar-refractivity contribution in [2.24, 2.45) is 0 Å². The highest BCUT2D eigenvalue weighted by Gasteiger charge is 2.32. The van der Waals surface area contributed by atoms with Crippen molar-refractivity contribution in [3.8, 4) is 0 Å². The van der Waals surface area contributed by atoms with Gasteiger partial charge in [0.1, 0.15) is 0 Å². The van der Waals surface area contributed by atoms with Crippen LogP contribution in [0.15, 0.2) is 53.4 Å². The summed E-state index contributed by atoms with van der Waals surface area (Å²) in [6.07, 6.45) is -4.43. The molecule has 0 radical (unpaired) electrons. The van der Waals surface area contributed by atoms with Gasteiger partial charge in [0, 0.05) is 37.4 Å². The summed E-state index contributed by atoms with van der Waals surface area (Å²) in [5.41, 5.74) is -0.0183. The predicted octanol–water partition coefficient (Wildman–Crippen LogP) is 3.42. The van der Waals surface area contributed by atoms with Gasteiger partial charge in [-0.2, -0.15) is 17.5 Å². The molecule has 0 N–H and O–H groups in total. The number of Topliss-reactive ketones (excluding diaryl/α,β-unsaturated/α-hetero) is 1. The van der Waals surface area contributed by atoms with E-state index in [-0.39, 0.29) is 36.9 Å². The molecule has 2 aromatic carbocycles. The molecule has 9 heteroatoms. The van der Waals surface area contributed by atoms with Crippen LogP contribution in [0.25, 0.3) is 0 Å². The molecule has 0 amide bonds. The molecule has 0 aliphatic carbocycles. The lowest BCUT2D eigenvalue weighted by atomic mass is 10.1. The van der Waals surface area contributed by atoms with E-state index in [1.54, 1.807) is 17.0 Å². The van der Waals surface area contributed by atoms with Crippen molar-refractivity contribution in [3.05, 3.63) is 59.7 Å². The first kappa shape index (κ1) is 20.3. The first-order valence-corrected chi connectivity index (χ1v) is 10.1. The van der Waals surface area contributed by atoms with Gasteiger partial charge >= 0.3 is 6.18 Å². The number of nitrogens with zero attached hydrogens (tertiary/aromatic N) is 2.